The standard InChI is InChI=1S/C21H18ClNO3S/c1-13-3-5-15(6-4-13)18-11-12-27-19(18)21(25)26-14(2)20(24)23-17-9-7-16(22)8-10-17/h3-12,14H,1-2H3,(H,23,24)/t14-/m0/s1. The van der Waals surface area contributed by atoms with Crippen LogP contribution >= 0.6 is 22.9 Å². The molecule has 4 nitrogen and oxygen atoms in total. The van der Waals surface area contributed by atoms with Gasteiger partial charge in [-0.25, -0.2) is 4.79 Å². The van der Waals surface area contributed by atoms with Gasteiger partial charge in [-0.15, -0.1) is 11.3 Å². The summed E-state index contributed by atoms with van der Waals surface area (Å²) < 4.78 is 5.37. The van der Waals surface area contributed by atoms with Gasteiger partial charge in [0.25, 0.3) is 5.91 Å². The van der Waals surface area contributed by atoms with Crippen molar-refractivity contribution in [1.82, 2.24) is 0 Å². The smallest absolute Gasteiger partial charge is 0.349 e. The first-order valence-electron chi connectivity index (χ1n) is 8.36. The fourth-order valence-electron chi connectivity index (χ4n) is 2.47. The number of nitrogens with one attached hydrogen (secondary N) is 1. The summed E-state index contributed by atoms with van der Waals surface area (Å²) in [6.07, 6.45) is -0.929. The van der Waals surface area contributed by atoms with E-state index in [1.807, 2.05) is 42.6 Å². The average molecular weight is 400 g/mol. The molecule has 3 aromatic rings. The van der Waals surface area contributed by atoms with Crippen molar-refractivity contribution in [1.29, 1.82) is 0 Å². The maximum Gasteiger partial charge on any atom is 0.349 e. The van der Waals surface area contributed by atoms with E-state index in [0.29, 0.717) is 15.6 Å². The third kappa shape index (κ3) is 4.76. The number of hydrogen-bond donors (Lipinski definition) is 1. The second kappa shape index (κ2) is 8.37. The van der Waals surface area contributed by atoms with Crippen molar-refractivity contribution in [3.05, 3.63) is 75.4 Å². The van der Waals surface area contributed by atoms with Crippen molar-refractivity contribution in [2.75, 3.05) is 5.32 Å². The number of thiophene rings is 1. The first kappa shape index (κ1) is 19.1. The highest BCUT2D eigenvalue weighted by atomic mass is 35.5. The quantitative estimate of drug-likeness (QED) is 0.571. The van der Waals surface area contributed by atoms with Gasteiger partial charge in [0, 0.05) is 16.3 Å². The van der Waals surface area contributed by atoms with Crippen LogP contribution in [0.5, 0.6) is 0 Å². The molecule has 0 bridgehead atoms. The van der Waals surface area contributed by atoms with Gasteiger partial charge in [0.2, 0.25) is 0 Å². The Hall–Kier alpha value is -2.63. The van der Waals surface area contributed by atoms with Gasteiger partial charge in [-0.2, -0.15) is 0 Å². The Bertz CT molecular complexity index is 948. The highest BCUT2D eigenvalue weighted by Crippen LogP contribution is 2.29. The molecule has 3 rings (SSSR count). The summed E-state index contributed by atoms with van der Waals surface area (Å²) in [5, 5.41) is 5.12. The number of aryl methyl sites for hydroxylation is 1. The number of hydrogen-bond acceptors (Lipinski definition) is 4. The van der Waals surface area contributed by atoms with Gasteiger partial charge in [0.1, 0.15) is 4.88 Å². The third-order valence-electron chi connectivity index (χ3n) is 3.98. The fourth-order valence-corrected chi connectivity index (χ4v) is 3.40. The molecule has 2 aromatic carbocycles. The Morgan fingerprint density at radius 2 is 1.70 bits per heavy atom. The number of benzene rings is 2. The molecule has 0 saturated carbocycles. The van der Waals surface area contributed by atoms with E-state index in [-0.39, 0.29) is 0 Å². The summed E-state index contributed by atoms with van der Waals surface area (Å²) >= 11 is 7.12. The van der Waals surface area contributed by atoms with Crippen LogP contribution in [0, 0.1) is 6.92 Å². The lowest BCUT2D eigenvalue weighted by Crippen LogP contribution is -2.29. The zero-order valence-electron chi connectivity index (χ0n) is 14.9. The summed E-state index contributed by atoms with van der Waals surface area (Å²) in [5.41, 5.74) is 3.47. The van der Waals surface area contributed by atoms with Crippen LogP contribution in [0.3, 0.4) is 0 Å². The van der Waals surface area contributed by atoms with E-state index in [9.17, 15) is 9.59 Å². The van der Waals surface area contributed by atoms with Crippen LogP contribution < -0.4 is 5.32 Å². The molecule has 1 heterocycles. The molecular weight excluding hydrogens is 382 g/mol. The topological polar surface area (TPSA) is 55.4 Å². The van der Waals surface area contributed by atoms with Gasteiger partial charge in [-0.05, 0) is 55.1 Å². The summed E-state index contributed by atoms with van der Waals surface area (Å²) in [4.78, 5) is 25.3. The van der Waals surface area contributed by atoms with Crippen LogP contribution in [0.25, 0.3) is 11.1 Å². The molecule has 0 spiro atoms. The van der Waals surface area contributed by atoms with E-state index < -0.39 is 18.0 Å². The predicted octanol–water partition coefficient (Wildman–Crippen LogP) is 5.56. The molecule has 0 unspecified atom stereocenters. The first-order valence-corrected chi connectivity index (χ1v) is 9.62. The summed E-state index contributed by atoms with van der Waals surface area (Å²) in [7, 11) is 0. The highest BCUT2D eigenvalue weighted by molar-refractivity contribution is 7.12. The molecule has 6 heteroatoms. The minimum atomic E-state index is -0.929. The second-order valence-electron chi connectivity index (χ2n) is 6.07. The van der Waals surface area contributed by atoms with Crippen LogP contribution in [0.15, 0.2) is 60.0 Å². The maximum absolute atomic E-state index is 12.6. The van der Waals surface area contributed by atoms with Gasteiger partial charge in [0.05, 0.1) is 0 Å². The van der Waals surface area contributed by atoms with E-state index in [2.05, 4.69) is 5.32 Å². The first-order chi connectivity index (χ1) is 12.9. The lowest BCUT2D eigenvalue weighted by atomic mass is 10.1. The largest absolute Gasteiger partial charge is 0.448 e. The van der Waals surface area contributed by atoms with Crippen LogP contribution in [-0.2, 0) is 9.53 Å². The highest BCUT2D eigenvalue weighted by Gasteiger charge is 2.22. The number of carbonyl (C=O) groups excluding carboxylic acids is 2. The van der Waals surface area contributed by atoms with E-state index >= 15 is 0 Å². The lowest BCUT2D eigenvalue weighted by Gasteiger charge is -2.14. The van der Waals surface area contributed by atoms with E-state index in [0.717, 1.165) is 16.7 Å². The van der Waals surface area contributed by atoms with Crippen LogP contribution in [-0.4, -0.2) is 18.0 Å². The summed E-state index contributed by atoms with van der Waals surface area (Å²) in [5.74, 6) is -0.918. The molecule has 1 atom stereocenters. The SMILES string of the molecule is Cc1ccc(-c2ccsc2C(=O)O[C@@H](C)C(=O)Nc2ccc(Cl)cc2)cc1. The number of ether oxygens (including phenoxy) is 1. The number of rotatable bonds is 5. The minimum Gasteiger partial charge on any atom is -0.448 e. The molecule has 0 radical (unpaired) electrons. The summed E-state index contributed by atoms with van der Waals surface area (Å²) in [6, 6.07) is 16.5. The minimum absolute atomic E-state index is 0.404. The Labute approximate surface area is 166 Å². The molecule has 27 heavy (non-hydrogen) atoms. The number of anilines is 1. The zero-order chi connectivity index (χ0) is 19.4. The Morgan fingerprint density at radius 1 is 1.04 bits per heavy atom. The zero-order valence-corrected chi connectivity index (χ0v) is 16.4. The lowest BCUT2D eigenvalue weighted by molar-refractivity contribution is -0.123. The van der Waals surface area contributed by atoms with E-state index in [1.165, 1.54) is 11.3 Å². The van der Waals surface area contributed by atoms with Gasteiger partial charge < -0.3 is 10.1 Å². The second-order valence-corrected chi connectivity index (χ2v) is 7.43. The van der Waals surface area contributed by atoms with Gasteiger partial charge in [0.15, 0.2) is 6.10 Å². The number of carbonyl (C=O) groups is 2. The molecule has 0 fully saturated rings. The molecule has 1 N–H and O–H groups in total. The van der Waals surface area contributed by atoms with Gasteiger partial charge in [-0.3, -0.25) is 4.79 Å². The summed E-state index contributed by atoms with van der Waals surface area (Å²) in [6.45, 7) is 3.55. The monoisotopic (exact) mass is 399 g/mol. The van der Waals surface area contributed by atoms with Gasteiger partial charge >= 0.3 is 5.97 Å². The number of esters is 1. The van der Waals surface area contributed by atoms with Crippen LogP contribution in [0.4, 0.5) is 5.69 Å². The molecular formula is C21H18ClNO3S. The number of amides is 1. The van der Waals surface area contributed by atoms with E-state index in [1.54, 1.807) is 31.2 Å². The average Bonchev–Trinajstić information content (AvgIpc) is 3.14. The van der Waals surface area contributed by atoms with Crippen LogP contribution in [0.2, 0.25) is 5.02 Å². The molecule has 0 aliphatic rings. The Balaban J connectivity index is 1.68. The molecule has 0 aliphatic carbocycles. The molecule has 0 aliphatic heterocycles. The molecule has 1 aromatic heterocycles. The van der Waals surface area contributed by atoms with Crippen molar-refractivity contribution in [2.24, 2.45) is 0 Å². The van der Waals surface area contributed by atoms with Crippen molar-refractivity contribution in [2.45, 2.75) is 20.0 Å². The third-order valence-corrected chi connectivity index (χ3v) is 5.12. The van der Waals surface area contributed by atoms with Crippen molar-refractivity contribution >= 4 is 40.5 Å². The predicted molar refractivity (Wildman–Crippen MR) is 109 cm³/mol. The molecule has 0 saturated heterocycles. The van der Waals surface area contributed by atoms with Crippen LogP contribution in [0.1, 0.15) is 22.2 Å². The maximum atomic E-state index is 12.6. The Morgan fingerprint density at radius 3 is 2.37 bits per heavy atom. The van der Waals surface area contributed by atoms with Crippen molar-refractivity contribution in [3.8, 4) is 11.1 Å². The van der Waals surface area contributed by atoms with Gasteiger partial charge in [-0.1, -0.05) is 41.4 Å². The number of halogens is 1. The molecule has 1 amide bonds. The van der Waals surface area contributed by atoms with Crippen molar-refractivity contribution in [3.63, 3.8) is 0 Å². The normalized spacial score (nSPS) is 11.7. The Kier molecular flexibility index (Phi) is 5.94. The van der Waals surface area contributed by atoms with E-state index in [4.69, 9.17) is 16.3 Å². The fraction of sp³-hybridized carbons (Fsp3) is 0.143. The molecule has 138 valence electrons. The van der Waals surface area contributed by atoms with Crippen molar-refractivity contribution < 1.29 is 14.3 Å².